The van der Waals surface area contributed by atoms with E-state index in [1.807, 2.05) is 0 Å². The molecule has 0 bridgehead atoms. The molecule has 1 amide bonds. The summed E-state index contributed by atoms with van der Waals surface area (Å²) in [5, 5.41) is 4.10. The van der Waals surface area contributed by atoms with Gasteiger partial charge in [-0.05, 0) is 23.6 Å². The molecule has 0 unspecified atom stereocenters. The second-order valence-electron chi connectivity index (χ2n) is 4.71. The predicted molar refractivity (Wildman–Crippen MR) is 88.4 cm³/mol. The minimum absolute atomic E-state index is 0.118. The average molecular weight is 385 g/mol. The molecular weight excluding hydrogens is 375 g/mol. The van der Waals surface area contributed by atoms with Crippen molar-refractivity contribution in [3.05, 3.63) is 47.7 Å². The first-order chi connectivity index (χ1) is 11.9. The van der Waals surface area contributed by atoms with E-state index in [-0.39, 0.29) is 22.5 Å². The molecule has 0 fully saturated rings. The van der Waals surface area contributed by atoms with E-state index in [9.17, 15) is 18.0 Å². The van der Waals surface area contributed by atoms with Gasteiger partial charge in [-0.15, -0.1) is 11.3 Å². The number of alkyl halides is 3. The van der Waals surface area contributed by atoms with Crippen LogP contribution in [0.5, 0.6) is 0 Å². The van der Waals surface area contributed by atoms with Crippen LogP contribution < -0.4 is 5.32 Å². The maximum atomic E-state index is 13.1. The maximum Gasteiger partial charge on any atom is 0.433 e. The van der Waals surface area contributed by atoms with Crippen molar-refractivity contribution >= 4 is 34.9 Å². The van der Waals surface area contributed by atoms with Crippen molar-refractivity contribution in [2.75, 3.05) is 11.1 Å². The number of nitrogens with zero attached hydrogens (tertiary/aromatic N) is 2. The Morgan fingerprint density at radius 3 is 2.76 bits per heavy atom. The highest BCUT2D eigenvalue weighted by Gasteiger charge is 2.34. The zero-order valence-corrected chi connectivity index (χ0v) is 14.0. The van der Waals surface area contributed by atoms with E-state index in [4.69, 9.17) is 4.42 Å². The normalized spacial score (nSPS) is 11.5. The lowest BCUT2D eigenvalue weighted by molar-refractivity contribution is -0.141. The SMILES string of the molecule is O=C(CSc1nc(-c2cccs2)cc(C(F)(F)F)n1)Nc1ccco1. The van der Waals surface area contributed by atoms with Crippen LogP contribution in [0.3, 0.4) is 0 Å². The Kier molecular flexibility index (Phi) is 5.09. The summed E-state index contributed by atoms with van der Waals surface area (Å²) < 4.78 is 44.1. The molecular formula is C15H10F3N3O2S2. The molecule has 0 atom stereocenters. The largest absolute Gasteiger partial charge is 0.449 e. The van der Waals surface area contributed by atoms with E-state index in [1.165, 1.54) is 17.6 Å². The molecule has 0 aliphatic carbocycles. The average Bonchev–Trinajstić information content (AvgIpc) is 3.25. The summed E-state index contributed by atoms with van der Waals surface area (Å²) in [5.41, 5.74) is -0.869. The number of hydrogen-bond donors (Lipinski definition) is 1. The van der Waals surface area contributed by atoms with E-state index in [1.54, 1.807) is 29.6 Å². The molecule has 3 heterocycles. The quantitative estimate of drug-likeness (QED) is 0.516. The molecule has 0 radical (unpaired) electrons. The first-order valence-corrected chi connectivity index (χ1v) is 8.74. The van der Waals surface area contributed by atoms with Gasteiger partial charge in [0.1, 0.15) is 5.69 Å². The number of furan rings is 1. The maximum absolute atomic E-state index is 13.1. The number of anilines is 1. The lowest BCUT2D eigenvalue weighted by Crippen LogP contribution is -2.14. The van der Waals surface area contributed by atoms with E-state index in [0.29, 0.717) is 4.88 Å². The van der Waals surface area contributed by atoms with Crippen molar-refractivity contribution in [2.24, 2.45) is 0 Å². The number of carbonyl (C=O) groups is 1. The Morgan fingerprint density at radius 2 is 2.12 bits per heavy atom. The fraction of sp³-hybridized carbons (Fsp3) is 0.133. The molecule has 130 valence electrons. The summed E-state index contributed by atoms with van der Waals surface area (Å²) in [6.45, 7) is 0. The van der Waals surface area contributed by atoms with Gasteiger partial charge >= 0.3 is 6.18 Å². The Bertz CT molecular complexity index is 850. The minimum atomic E-state index is -4.60. The van der Waals surface area contributed by atoms with Gasteiger partial charge in [-0.3, -0.25) is 10.1 Å². The van der Waals surface area contributed by atoms with Gasteiger partial charge in [0, 0.05) is 6.07 Å². The third-order valence-electron chi connectivity index (χ3n) is 2.89. The zero-order chi connectivity index (χ0) is 17.9. The Labute approximate surface area is 148 Å². The van der Waals surface area contributed by atoms with Gasteiger partial charge in [0.05, 0.1) is 22.6 Å². The van der Waals surface area contributed by atoms with Gasteiger partial charge in [-0.1, -0.05) is 17.8 Å². The summed E-state index contributed by atoms with van der Waals surface area (Å²) in [6, 6.07) is 7.45. The Morgan fingerprint density at radius 1 is 1.28 bits per heavy atom. The van der Waals surface area contributed by atoms with Crippen LogP contribution in [-0.4, -0.2) is 21.6 Å². The van der Waals surface area contributed by atoms with Gasteiger partial charge in [-0.25, -0.2) is 9.97 Å². The van der Waals surface area contributed by atoms with Crippen molar-refractivity contribution in [2.45, 2.75) is 11.3 Å². The van der Waals surface area contributed by atoms with Crippen molar-refractivity contribution < 1.29 is 22.4 Å². The summed E-state index contributed by atoms with van der Waals surface area (Å²) in [5.74, 6) is -0.320. The molecule has 5 nitrogen and oxygen atoms in total. The molecule has 0 saturated carbocycles. The highest BCUT2D eigenvalue weighted by atomic mass is 32.2. The van der Waals surface area contributed by atoms with E-state index >= 15 is 0 Å². The molecule has 3 aromatic rings. The van der Waals surface area contributed by atoms with Crippen LogP contribution in [0, 0.1) is 0 Å². The number of thioether (sulfide) groups is 1. The molecule has 0 aromatic carbocycles. The Hall–Kier alpha value is -2.33. The molecule has 0 saturated heterocycles. The van der Waals surface area contributed by atoms with Crippen LogP contribution in [-0.2, 0) is 11.0 Å². The van der Waals surface area contributed by atoms with Crippen LogP contribution in [0.15, 0.2) is 51.5 Å². The molecule has 0 spiro atoms. The van der Waals surface area contributed by atoms with Crippen molar-refractivity contribution in [1.29, 1.82) is 0 Å². The standard InChI is InChI=1S/C15H10F3N3O2S2/c16-15(17,18)11-7-9(10-3-2-6-24-10)19-14(20-11)25-8-12(22)21-13-4-1-5-23-13/h1-7H,8H2,(H,21,22). The minimum Gasteiger partial charge on any atom is -0.449 e. The first kappa shape index (κ1) is 17.5. The second-order valence-corrected chi connectivity index (χ2v) is 6.60. The highest BCUT2D eigenvalue weighted by Crippen LogP contribution is 2.33. The summed E-state index contributed by atoms with van der Waals surface area (Å²) in [6.07, 6.45) is -3.20. The molecule has 10 heteroatoms. The number of halogens is 3. The third-order valence-corrected chi connectivity index (χ3v) is 4.63. The number of amides is 1. The number of thiophene rings is 1. The van der Waals surface area contributed by atoms with E-state index in [0.717, 1.165) is 17.8 Å². The first-order valence-electron chi connectivity index (χ1n) is 6.88. The number of carbonyl (C=O) groups excluding carboxylic acids is 1. The fourth-order valence-corrected chi connectivity index (χ4v) is 3.18. The lowest BCUT2D eigenvalue weighted by atomic mass is 10.3. The zero-order valence-electron chi connectivity index (χ0n) is 12.4. The predicted octanol–water partition coefficient (Wildman–Crippen LogP) is 4.55. The van der Waals surface area contributed by atoms with Gasteiger partial charge in [-0.2, -0.15) is 13.2 Å². The summed E-state index contributed by atoms with van der Waals surface area (Å²) in [7, 11) is 0. The molecule has 1 N–H and O–H groups in total. The van der Waals surface area contributed by atoms with E-state index in [2.05, 4.69) is 15.3 Å². The van der Waals surface area contributed by atoms with Gasteiger partial charge < -0.3 is 4.42 Å². The number of rotatable bonds is 5. The van der Waals surface area contributed by atoms with Gasteiger partial charge in [0.15, 0.2) is 11.0 Å². The van der Waals surface area contributed by atoms with Crippen molar-refractivity contribution in [3.8, 4) is 10.6 Å². The van der Waals surface area contributed by atoms with Gasteiger partial charge in [0.25, 0.3) is 0 Å². The molecule has 3 aromatic heterocycles. The molecule has 0 aliphatic rings. The van der Waals surface area contributed by atoms with E-state index < -0.39 is 17.8 Å². The fourth-order valence-electron chi connectivity index (χ4n) is 1.84. The van der Waals surface area contributed by atoms with Crippen molar-refractivity contribution in [1.82, 2.24) is 9.97 Å². The highest BCUT2D eigenvalue weighted by molar-refractivity contribution is 7.99. The molecule has 3 rings (SSSR count). The second kappa shape index (κ2) is 7.28. The summed E-state index contributed by atoms with van der Waals surface area (Å²) >= 11 is 2.09. The van der Waals surface area contributed by atoms with Crippen LogP contribution >= 0.6 is 23.1 Å². The number of hydrogen-bond acceptors (Lipinski definition) is 6. The topological polar surface area (TPSA) is 68.0 Å². The summed E-state index contributed by atoms with van der Waals surface area (Å²) in [4.78, 5) is 20.0. The van der Waals surface area contributed by atoms with Crippen LogP contribution in [0.2, 0.25) is 0 Å². The van der Waals surface area contributed by atoms with Crippen LogP contribution in [0.25, 0.3) is 10.6 Å². The van der Waals surface area contributed by atoms with Gasteiger partial charge in [0.2, 0.25) is 5.91 Å². The smallest absolute Gasteiger partial charge is 0.433 e. The lowest BCUT2D eigenvalue weighted by Gasteiger charge is -2.09. The van der Waals surface area contributed by atoms with Crippen molar-refractivity contribution in [3.63, 3.8) is 0 Å². The third kappa shape index (κ3) is 4.60. The number of aromatic nitrogens is 2. The van der Waals surface area contributed by atoms with Crippen LogP contribution in [0.1, 0.15) is 5.69 Å². The molecule has 25 heavy (non-hydrogen) atoms. The number of nitrogens with one attached hydrogen (secondary N) is 1. The Balaban J connectivity index is 1.78. The monoisotopic (exact) mass is 385 g/mol. The van der Waals surface area contributed by atoms with Crippen LogP contribution in [0.4, 0.5) is 19.1 Å². The molecule has 0 aliphatic heterocycles.